The monoisotopic (exact) mass is 296 g/mol. The Labute approximate surface area is 130 Å². The summed E-state index contributed by atoms with van der Waals surface area (Å²) in [5.41, 5.74) is 2.73. The van der Waals surface area contributed by atoms with Crippen molar-refractivity contribution in [2.45, 2.75) is 38.8 Å². The molecular weight excluding hydrogens is 276 g/mol. The minimum Gasteiger partial charge on any atom is -0.339 e. The van der Waals surface area contributed by atoms with Crippen LogP contribution in [0.15, 0.2) is 54.6 Å². The summed E-state index contributed by atoms with van der Waals surface area (Å²) in [5.74, 6) is -0.814. The molecule has 0 spiro atoms. The third kappa shape index (κ3) is 2.96. The van der Waals surface area contributed by atoms with Gasteiger partial charge in [-0.1, -0.05) is 60.2 Å². The Bertz CT molecular complexity index is 659. The van der Waals surface area contributed by atoms with E-state index in [0.29, 0.717) is 5.56 Å². The summed E-state index contributed by atoms with van der Waals surface area (Å²) in [4.78, 5) is 12.8. The SMILES string of the molecule is Cc1ccc(C(=O)[C@@H]2OC(C)(C)O[C@H]2c2ccccc2)cc1. The molecule has 3 rings (SSSR count). The van der Waals surface area contributed by atoms with Crippen molar-refractivity contribution in [1.29, 1.82) is 0 Å². The molecule has 0 saturated carbocycles. The quantitative estimate of drug-likeness (QED) is 0.801. The van der Waals surface area contributed by atoms with Crippen molar-refractivity contribution in [3.05, 3.63) is 71.3 Å². The largest absolute Gasteiger partial charge is 0.339 e. The molecule has 1 saturated heterocycles. The fourth-order valence-corrected chi connectivity index (χ4v) is 2.72. The second-order valence-corrected chi connectivity index (χ2v) is 6.12. The minimum absolute atomic E-state index is 0.0422. The standard InChI is InChI=1S/C19H20O3/c1-13-9-11-14(12-10-13)16(20)18-17(21-19(2,3)22-18)15-7-5-4-6-8-15/h4-12,17-18H,1-3H3/t17-,18-/m0/s1. The van der Waals surface area contributed by atoms with Gasteiger partial charge in [-0.25, -0.2) is 0 Å². The van der Waals surface area contributed by atoms with Crippen LogP contribution in [-0.4, -0.2) is 17.7 Å². The molecule has 0 radical (unpaired) electrons. The fourth-order valence-electron chi connectivity index (χ4n) is 2.72. The van der Waals surface area contributed by atoms with Crippen molar-refractivity contribution in [3.8, 4) is 0 Å². The van der Waals surface area contributed by atoms with E-state index in [4.69, 9.17) is 9.47 Å². The highest BCUT2D eigenvalue weighted by Gasteiger charge is 2.45. The molecule has 0 aromatic heterocycles. The number of ether oxygens (including phenoxy) is 2. The number of rotatable bonds is 3. The molecule has 1 fully saturated rings. The van der Waals surface area contributed by atoms with Gasteiger partial charge in [0.15, 0.2) is 17.7 Å². The number of Topliss-reactive ketones (excluding diaryl/α,β-unsaturated/α-hetero) is 1. The van der Waals surface area contributed by atoms with Crippen molar-refractivity contribution < 1.29 is 14.3 Å². The zero-order valence-electron chi connectivity index (χ0n) is 13.1. The van der Waals surface area contributed by atoms with Crippen LogP contribution in [0.3, 0.4) is 0 Å². The molecular formula is C19H20O3. The summed E-state index contributed by atoms with van der Waals surface area (Å²) in [6, 6.07) is 17.3. The van der Waals surface area contributed by atoms with Crippen molar-refractivity contribution >= 4 is 5.78 Å². The van der Waals surface area contributed by atoms with E-state index >= 15 is 0 Å². The van der Waals surface area contributed by atoms with Gasteiger partial charge in [0, 0.05) is 5.56 Å². The van der Waals surface area contributed by atoms with Gasteiger partial charge < -0.3 is 9.47 Å². The molecule has 0 N–H and O–H groups in total. The molecule has 3 nitrogen and oxygen atoms in total. The van der Waals surface area contributed by atoms with E-state index in [9.17, 15) is 4.79 Å². The molecule has 2 aromatic carbocycles. The molecule has 2 aromatic rings. The number of hydrogen-bond acceptors (Lipinski definition) is 3. The maximum absolute atomic E-state index is 12.8. The molecule has 1 heterocycles. The normalized spacial score (nSPS) is 23.4. The first kappa shape index (κ1) is 14.9. The molecule has 0 aliphatic carbocycles. The van der Waals surface area contributed by atoms with Gasteiger partial charge in [0.05, 0.1) is 0 Å². The summed E-state index contributed by atoms with van der Waals surface area (Å²) in [6.07, 6.45) is -1.01. The van der Waals surface area contributed by atoms with E-state index in [1.165, 1.54) is 0 Å². The molecule has 0 bridgehead atoms. The summed E-state index contributed by atoms with van der Waals surface area (Å²) in [5, 5.41) is 0. The second-order valence-electron chi connectivity index (χ2n) is 6.12. The molecule has 1 aliphatic heterocycles. The predicted molar refractivity (Wildman–Crippen MR) is 84.7 cm³/mol. The lowest BCUT2D eigenvalue weighted by molar-refractivity contribution is -0.143. The number of ketones is 1. The average molecular weight is 296 g/mol. The van der Waals surface area contributed by atoms with Crippen LogP contribution in [0.25, 0.3) is 0 Å². The van der Waals surface area contributed by atoms with Gasteiger partial charge in [-0.05, 0) is 26.3 Å². The van der Waals surface area contributed by atoms with E-state index in [0.717, 1.165) is 11.1 Å². The summed E-state index contributed by atoms with van der Waals surface area (Å²) in [7, 11) is 0. The molecule has 2 atom stereocenters. The third-order valence-electron chi connectivity index (χ3n) is 3.82. The van der Waals surface area contributed by atoms with Crippen LogP contribution in [0.4, 0.5) is 0 Å². The first-order chi connectivity index (χ1) is 10.5. The van der Waals surface area contributed by atoms with E-state index < -0.39 is 11.9 Å². The van der Waals surface area contributed by atoms with Crippen LogP contribution >= 0.6 is 0 Å². The Balaban J connectivity index is 1.92. The van der Waals surface area contributed by atoms with Crippen molar-refractivity contribution in [2.24, 2.45) is 0 Å². The molecule has 114 valence electrons. The minimum atomic E-state index is -0.772. The number of carbonyl (C=O) groups is 1. The number of benzene rings is 2. The first-order valence-corrected chi connectivity index (χ1v) is 7.48. The Hall–Kier alpha value is -1.97. The van der Waals surface area contributed by atoms with Gasteiger partial charge in [0.1, 0.15) is 6.10 Å². The Morgan fingerprint density at radius 3 is 2.23 bits per heavy atom. The van der Waals surface area contributed by atoms with E-state index in [1.807, 2.05) is 75.4 Å². The number of aryl methyl sites for hydroxylation is 1. The lowest BCUT2D eigenvalue weighted by Gasteiger charge is -2.16. The van der Waals surface area contributed by atoms with E-state index in [-0.39, 0.29) is 11.9 Å². The van der Waals surface area contributed by atoms with Crippen LogP contribution < -0.4 is 0 Å². The first-order valence-electron chi connectivity index (χ1n) is 7.48. The number of hydrogen-bond donors (Lipinski definition) is 0. The Morgan fingerprint density at radius 2 is 1.59 bits per heavy atom. The molecule has 22 heavy (non-hydrogen) atoms. The van der Waals surface area contributed by atoms with Crippen LogP contribution in [-0.2, 0) is 9.47 Å². The van der Waals surface area contributed by atoms with Crippen LogP contribution in [0, 0.1) is 6.92 Å². The maximum Gasteiger partial charge on any atom is 0.194 e. The highest BCUT2D eigenvalue weighted by atomic mass is 16.8. The Kier molecular flexibility index (Phi) is 3.85. The summed E-state index contributed by atoms with van der Waals surface area (Å²) < 4.78 is 11.9. The van der Waals surface area contributed by atoms with Gasteiger partial charge in [-0.15, -0.1) is 0 Å². The van der Waals surface area contributed by atoms with Crippen LogP contribution in [0.2, 0.25) is 0 Å². The number of carbonyl (C=O) groups excluding carboxylic acids is 1. The fraction of sp³-hybridized carbons (Fsp3) is 0.316. The van der Waals surface area contributed by atoms with Gasteiger partial charge >= 0.3 is 0 Å². The van der Waals surface area contributed by atoms with Gasteiger partial charge in [0.2, 0.25) is 0 Å². The molecule has 3 heteroatoms. The topological polar surface area (TPSA) is 35.5 Å². The summed E-state index contributed by atoms with van der Waals surface area (Å²) in [6.45, 7) is 5.68. The second kappa shape index (κ2) is 5.67. The molecule has 0 amide bonds. The highest BCUT2D eigenvalue weighted by Crippen LogP contribution is 2.39. The average Bonchev–Trinajstić information content (AvgIpc) is 2.84. The van der Waals surface area contributed by atoms with E-state index in [1.54, 1.807) is 0 Å². The summed E-state index contributed by atoms with van der Waals surface area (Å²) >= 11 is 0. The third-order valence-corrected chi connectivity index (χ3v) is 3.82. The zero-order chi connectivity index (χ0) is 15.7. The Morgan fingerprint density at radius 1 is 0.955 bits per heavy atom. The van der Waals surface area contributed by atoms with Crippen LogP contribution in [0.5, 0.6) is 0 Å². The molecule has 0 unspecified atom stereocenters. The lowest BCUT2D eigenvalue weighted by atomic mass is 9.97. The zero-order valence-corrected chi connectivity index (χ0v) is 13.1. The maximum atomic E-state index is 12.8. The van der Waals surface area contributed by atoms with Gasteiger partial charge in [0.25, 0.3) is 0 Å². The van der Waals surface area contributed by atoms with Crippen molar-refractivity contribution in [2.75, 3.05) is 0 Å². The van der Waals surface area contributed by atoms with E-state index in [2.05, 4.69) is 0 Å². The lowest BCUT2D eigenvalue weighted by Crippen LogP contribution is -2.28. The predicted octanol–water partition coefficient (Wildman–Crippen LogP) is 4.07. The van der Waals surface area contributed by atoms with Gasteiger partial charge in [-0.3, -0.25) is 4.79 Å². The molecule has 1 aliphatic rings. The van der Waals surface area contributed by atoms with Gasteiger partial charge in [-0.2, -0.15) is 0 Å². The highest BCUT2D eigenvalue weighted by molar-refractivity contribution is 6.00. The van der Waals surface area contributed by atoms with Crippen molar-refractivity contribution in [3.63, 3.8) is 0 Å². The smallest absolute Gasteiger partial charge is 0.194 e. The van der Waals surface area contributed by atoms with Crippen LogP contribution in [0.1, 0.15) is 41.4 Å². The van der Waals surface area contributed by atoms with Crippen molar-refractivity contribution in [1.82, 2.24) is 0 Å².